The van der Waals surface area contributed by atoms with Crippen molar-refractivity contribution in [2.45, 2.75) is 13.3 Å². The first-order chi connectivity index (χ1) is 9.20. The van der Waals surface area contributed by atoms with Gasteiger partial charge in [-0.05, 0) is 18.9 Å². The Kier molecular flexibility index (Phi) is 2.66. The average Bonchev–Trinajstić information content (AvgIpc) is 3.03. The molecule has 3 rings (SSSR count). The second-order valence-electron chi connectivity index (χ2n) is 4.30. The summed E-state index contributed by atoms with van der Waals surface area (Å²) >= 11 is 0. The smallest absolute Gasteiger partial charge is 0.313 e. The standard InChI is InChI=1S/C12H13N5O2/c1-2-19-12(18)8-3-7(8)4-17-6-16-9-10(13)14-5-15-11(9)17/h4-6,8H,2-3H2,1H3,(H2,13,14,15)/b7-4-. The number of nitrogens with zero attached hydrogens (tertiary/aromatic N) is 4. The van der Waals surface area contributed by atoms with Crippen LogP contribution in [0.4, 0.5) is 5.82 Å². The highest BCUT2D eigenvalue weighted by Crippen LogP contribution is 2.39. The second-order valence-corrected chi connectivity index (χ2v) is 4.30. The number of aromatic nitrogens is 4. The van der Waals surface area contributed by atoms with Crippen LogP contribution in [0, 0.1) is 5.92 Å². The summed E-state index contributed by atoms with van der Waals surface area (Å²) in [4.78, 5) is 23.7. The molecule has 7 nitrogen and oxygen atoms in total. The maximum Gasteiger partial charge on any atom is 0.313 e. The molecule has 1 saturated carbocycles. The van der Waals surface area contributed by atoms with Crippen LogP contribution in [0.3, 0.4) is 0 Å². The Morgan fingerprint density at radius 2 is 2.42 bits per heavy atom. The molecular weight excluding hydrogens is 246 g/mol. The van der Waals surface area contributed by atoms with Gasteiger partial charge in [0.25, 0.3) is 0 Å². The van der Waals surface area contributed by atoms with Gasteiger partial charge in [0.2, 0.25) is 0 Å². The monoisotopic (exact) mass is 259 g/mol. The fourth-order valence-corrected chi connectivity index (χ4v) is 1.94. The maximum atomic E-state index is 11.5. The quantitative estimate of drug-likeness (QED) is 0.820. The number of hydrogen-bond donors (Lipinski definition) is 1. The number of hydrogen-bond acceptors (Lipinski definition) is 6. The van der Waals surface area contributed by atoms with E-state index in [1.165, 1.54) is 6.33 Å². The van der Waals surface area contributed by atoms with E-state index in [9.17, 15) is 4.79 Å². The lowest BCUT2D eigenvalue weighted by atomic mass is 10.4. The summed E-state index contributed by atoms with van der Waals surface area (Å²) in [5.74, 6) is 0.0452. The van der Waals surface area contributed by atoms with Crippen LogP contribution in [0.2, 0.25) is 0 Å². The van der Waals surface area contributed by atoms with Gasteiger partial charge in [0, 0.05) is 6.20 Å². The van der Waals surface area contributed by atoms with Gasteiger partial charge in [0.1, 0.15) is 12.7 Å². The van der Waals surface area contributed by atoms with Crippen LogP contribution in [0.15, 0.2) is 18.2 Å². The van der Waals surface area contributed by atoms with E-state index < -0.39 is 0 Å². The number of nitrogen functional groups attached to an aromatic ring is 1. The van der Waals surface area contributed by atoms with E-state index in [2.05, 4.69) is 15.0 Å². The molecule has 0 aliphatic heterocycles. The second kappa shape index (κ2) is 4.34. The van der Waals surface area contributed by atoms with E-state index in [-0.39, 0.29) is 11.9 Å². The summed E-state index contributed by atoms with van der Waals surface area (Å²) in [5, 5.41) is 0. The summed E-state index contributed by atoms with van der Waals surface area (Å²) < 4.78 is 6.72. The molecule has 1 unspecified atom stereocenters. The van der Waals surface area contributed by atoms with Crippen LogP contribution < -0.4 is 5.73 Å². The Balaban J connectivity index is 1.88. The molecule has 0 radical (unpaired) electrons. The summed E-state index contributed by atoms with van der Waals surface area (Å²) in [6.45, 7) is 2.20. The topological polar surface area (TPSA) is 95.9 Å². The van der Waals surface area contributed by atoms with E-state index in [1.54, 1.807) is 17.8 Å². The molecule has 19 heavy (non-hydrogen) atoms. The van der Waals surface area contributed by atoms with Gasteiger partial charge in [0.15, 0.2) is 17.0 Å². The third-order valence-corrected chi connectivity index (χ3v) is 2.99. The number of ether oxygens (including phenoxy) is 1. The van der Waals surface area contributed by atoms with Gasteiger partial charge in [-0.1, -0.05) is 0 Å². The summed E-state index contributed by atoms with van der Waals surface area (Å²) in [5.41, 5.74) is 7.91. The molecule has 98 valence electrons. The molecule has 2 heterocycles. The molecule has 0 aromatic carbocycles. The molecule has 2 N–H and O–H groups in total. The molecule has 2 aromatic heterocycles. The van der Waals surface area contributed by atoms with Crippen molar-refractivity contribution >= 4 is 29.2 Å². The molecule has 0 spiro atoms. The van der Waals surface area contributed by atoms with Gasteiger partial charge in [0.05, 0.1) is 12.5 Å². The zero-order chi connectivity index (χ0) is 13.4. The number of esters is 1. The molecular formula is C12H13N5O2. The molecule has 0 saturated heterocycles. The maximum absolute atomic E-state index is 11.5. The minimum atomic E-state index is -0.174. The molecule has 0 amide bonds. The van der Waals surface area contributed by atoms with Crippen molar-refractivity contribution < 1.29 is 9.53 Å². The van der Waals surface area contributed by atoms with Crippen LogP contribution in [-0.4, -0.2) is 32.1 Å². The molecule has 1 aliphatic rings. The first-order valence-corrected chi connectivity index (χ1v) is 6.01. The average molecular weight is 259 g/mol. The number of anilines is 1. The lowest BCUT2D eigenvalue weighted by molar-refractivity contribution is -0.144. The fourth-order valence-electron chi connectivity index (χ4n) is 1.94. The minimum absolute atomic E-state index is 0.128. The SMILES string of the molecule is CCOC(=O)C1C/C1=C/n1cnc2c(N)ncnc21. The largest absolute Gasteiger partial charge is 0.466 e. The Hall–Kier alpha value is -2.44. The number of imidazole rings is 1. The van der Waals surface area contributed by atoms with Crippen LogP contribution in [0.1, 0.15) is 13.3 Å². The van der Waals surface area contributed by atoms with Crippen molar-refractivity contribution in [2.75, 3.05) is 12.3 Å². The molecule has 1 fully saturated rings. The zero-order valence-electron chi connectivity index (χ0n) is 10.4. The molecule has 2 aromatic rings. The van der Waals surface area contributed by atoms with E-state index in [0.717, 1.165) is 12.0 Å². The molecule has 1 atom stereocenters. The predicted octanol–water partition coefficient (Wildman–Crippen LogP) is 0.832. The molecule has 0 bridgehead atoms. The Labute approximate surface area is 109 Å². The van der Waals surface area contributed by atoms with E-state index in [1.807, 2.05) is 6.20 Å². The first kappa shape index (κ1) is 11.6. The highest BCUT2D eigenvalue weighted by molar-refractivity contribution is 5.85. The van der Waals surface area contributed by atoms with Gasteiger partial charge < -0.3 is 10.5 Å². The number of fused-ring (bicyclic) bond motifs is 1. The number of carbonyl (C=O) groups is 1. The van der Waals surface area contributed by atoms with Crippen molar-refractivity contribution in [1.29, 1.82) is 0 Å². The minimum Gasteiger partial charge on any atom is -0.466 e. The number of carbonyl (C=O) groups excluding carboxylic acids is 1. The Bertz CT molecular complexity index is 676. The van der Waals surface area contributed by atoms with Gasteiger partial charge >= 0.3 is 5.97 Å². The summed E-state index contributed by atoms with van der Waals surface area (Å²) in [6, 6.07) is 0. The van der Waals surface area contributed by atoms with Gasteiger partial charge in [-0.15, -0.1) is 0 Å². The molecule has 7 heteroatoms. The lowest BCUT2D eigenvalue weighted by Gasteiger charge is -1.97. The first-order valence-electron chi connectivity index (χ1n) is 6.01. The van der Waals surface area contributed by atoms with Crippen molar-refractivity contribution in [1.82, 2.24) is 19.5 Å². The van der Waals surface area contributed by atoms with Crippen LogP contribution in [-0.2, 0) is 9.53 Å². The van der Waals surface area contributed by atoms with Crippen molar-refractivity contribution in [3.05, 3.63) is 18.2 Å². The van der Waals surface area contributed by atoms with E-state index in [0.29, 0.717) is 23.6 Å². The van der Waals surface area contributed by atoms with Crippen molar-refractivity contribution in [3.63, 3.8) is 0 Å². The van der Waals surface area contributed by atoms with Crippen molar-refractivity contribution in [2.24, 2.45) is 5.92 Å². The lowest BCUT2D eigenvalue weighted by Crippen LogP contribution is -2.05. The van der Waals surface area contributed by atoms with Gasteiger partial charge in [-0.25, -0.2) is 15.0 Å². The van der Waals surface area contributed by atoms with E-state index >= 15 is 0 Å². The predicted molar refractivity (Wildman–Crippen MR) is 68.7 cm³/mol. The van der Waals surface area contributed by atoms with Crippen LogP contribution in [0.5, 0.6) is 0 Å². The summed E-state index contributed by atoms with van der Waals surface area (Å²) in [6.07, 6.45) is 5.58. The number of rotatable bonds is 3. The Morgan fingerprint density at radius 1 is 1.58 bits per heavy atom. The highest BCUT2D eigenvalue weighted by atomic mass is 16.5. The fraction of sp³-hybridized carbons (Fsp3) is 0.333. The van der Waals surface area contributed by atoms with Crippen LogP contribution in [0.25, 0.3) is 17.4 Å². The van der Waals surface area contributed by atoms with Gasteiger partial charge in [-0.2, -0.15) is 0 Å². The summed E-state index contributed by atoms with van der Waals surface area (Å²) in [7, 11) is 0. The third kappa shape index (κ3) is 2.03. The Morgan fingerprint density at radius 3 is 3.21 bits per heavy atom. The molecule has 1 aliphatic carbocycles. The van der Waals surface area contributed by atoms with Gasteiger partial charge in [-0.3, -0.25) is 9.36 Å². The zero-order valence-corrected chi connectivity index (χ0v) is 10.4. The number of nitrogens with two attached hydrogens (primary N) is 1. The van der Waals surface area contributed by atoms with E-state index in [4.69, 9.17) is 10.5 Å². The van der Waals surface area contributed by atoms with Crippen molar-refractivity contribution in [3.8, 4) is 0 Å². The third-order valence-electron chi connectivity index (χ3n) is 2.99. The van der Waals surface area contributed by atoms with Crippen LogP contribution >= 0.6 is 0 Å². The normalized spacial score (nSPS) is 19.8. The highest BCUT2D eigenvalue weighted by Gasteiger charge is 2.38.